The van der Waals surface area contributed by atoms with E-state index in [-0.39, 0.29) is 17.9 Å². The molecule has 2 N–H and O–H groups in total. The van der Waals surface area contributed by atoms with Crippen LogP contribution in [0, 0.1) is 5.92 Å². The number of carbonyl (C=O) groups is 2. The van der Waals surface area contributed by atoms with E-state index in [0.29, 0.717) is 18.8 Å². The Hall–Kier alpha value is -3.22. The number of piperazine rings is 1. The largest absolute Gasteiger partial charge is 0.497 e. The van der Waals surface area contributed by atoms with E-state index >= 15 is 0 Å². The predicted octanol–water partition coefficient (Wildman–Crippen LogP) is 3.19. The number of anilines is 2. The van der Waals surface area contributed by atoms with E-state index in [4.69, 9.17) is 4.74 Å². The van der Waals surface area contributed by atoms with Crippen LogP contribution in [-0.4, -0.2) is 56.2 Å². The van der Waals surface area contributed by atoms with Gasteiger partial charge in [0, 0.05) is 43.6 Å². The van der Waals surface area contributed by atoms with E-state index in [1.54, 1.807) is 7.11 Å². The summed E-state index contributed by atoms with van der Waals surface area (Å²) < 4.78 is 5.31. The van der Waals surface area contributed by atoms with Crippen LogP contribution >= 0.6 is 0 Å². The Morgan fingerprint density at radius 3 is 2.30 bits per heavy atom. The maximum Gasteiger partial charge on any atom is 0.319 e. The van der Waals surface area contributed by atoms with E-state index in [9.17, 15) is 9.59 Å². The molecular formula is C23H30N4O3. The molecule has 0 aromatic heterocycles. The number of ether oxygens (including phenoxy) is 1. The minimum Gasteiger partial charge on any atom is -0.497 e. The fourth-order valence-corrected chi connectivity index (χ4v) is 3.53. The summed E-state index contributed by atoms with van der Waals surface area (Å²) in [5, 5.41) is 5.63. The van der Waals surface area contributed by atoms with Gasteiger partial charge in [-0.15, -0.1) is 0 Å². The van der Waals surface area contributed by atoms with Crippen LogP contribution < -0.4 is 20.3 Å². The van der Waals surface area contributed by atoms with E-state index in [1.165, 1.54) is 0 Å². The topological polar surface area (TPSA) is 73.9 Å². The highest BCUT2D eigenvalue weighted by atomic mass is 16.5. The molecule has 0 unspecified atom stereocenters. The highest BCUT2D eigenvalue weighted by molar-refractivity contribution is 5.93. The van der Waals surface area contributed by atoms with E-state index < -0.39 is 6.04 Å². The number of para-hydroxylation sites is 1. The molecule has 2 aromatic carbocycles. The van der Waals surface area contributed by atoms with Crippen LogP contribution in [0.5, 0.6) is 5.75 Å². The molecule has 3 amide bonds. The molecule has 1 heterocycles. The third-order valence-electron chi connectivity index (χ3n) is 5.26. The quantitative estimate of drug-likeness (QED) is 0.767. The molecule has 0 radical (unpaired) electrons. The number of methoxy groups -OCH3 is 1. The molecule has 7 heteroatoms. The lowest BCUT2D eigenvalue weighted by Crippen LogP contribution is -2.57. The van der Waals surface area contributed by atoms with Gasteiger partial charge in [0.1, 0.15) is 11.8 Å². The van der Waals surface area contributed by atoms with E-state index in [2.05, 4.69) is 15.5 Å². The molecule has 2 aromatic rings. The minimum absolute atomic E-state index is 0.0181. The molecule has 1 fully saturated rings. The van der Waals surface area contributed by atoms with Gasteiger partial charge in [-0.2, -0.15) is 0 Å². The van der Waals surface area contributed by atoms with Gasteiger partial charge in [0.15, 0.2) is 0 Å². The Kier molecular flexibility index (Phi) is 7.17. The third kappa shape index (κ3) is 5.43. The highest BCUT2D eigenvalue weighted by Gasteiger charge is 2.30. The fraction of sp³-hybridized carbons (Fsp3) is 0.391. The number of hydrogen-bond donors (Lipinski definition) is 2. The maximum atomic E-state index is 13.1. The zero-order valence-corrected chi connectivity index (χ0v) is 17.8. The van der Waals surface area contributed by atoms with Gasteiger partial charge in [0.05, 0.1) is 7.11 Å². The average Bonchev–Trinajstić information content (AvgIpc) is 2.77. The predicted molar refractivity (Wildman–Crippen MR) is 119 cm³/mol. The Morgan fingerprint density at radius 2 is 1.67 bits per heavy atom. The highest BCUT2D eigenvalue weighted by Crippen LogP contribution is 2.22. The third-order valence-corrected chi connectivity index (χ3v) is 5.26. The summed E-state index contributed by atoms with van der Waals surface area (Å²) in [6.07, 6.45) is 0. The summed E-state index contributed by atoms with van der Waals surface area (Å²) in [6, 6.07) is 16.2. The van der Waals surface area contributed by atoms with E-state index in [0.717, 1.165) is 24.5 Å². The van der Waals surface area contributed by atoms with Crippen molar-refractivity contribution in [1.29, 1.82) is 0 Å². The number of nitrogens with one attached hydrogen (secondary N) is 2. The van der Waals surface area contributed by atoms with E-state index in [1.807, 2.05) is 73.3 Å². The van der Waals surface area contributed by atoms with Gasteiger partial charge in [-0.05, 0) is 30.2 Å². The molecule has 3 rings (SSSR count). The minimum atomic E-state index is -0.572. The van der Waals surface area contributed by atoms with Gasteiger partial charge in [-0.25, -0.2) is 4.79 Å². The standard InChI is InChI=1S/C23H30N4O3/c1-17(2)21(25-23(29)24-18-8-5-4-6-9-18)22(28)27-14-12-26(13-15-27)19-10-7-11-20(16-19)30-3/h4-11,16-17,21H,12-15H2,1-3H3,(H2,24,25,29)/t21-/m0/s1. The van der Waals surface area contributed by atoms with Crippen molar-refractivity contribution in [3.8, 4) is 5.75 Å². The number of carbonyl (C=O) groups excluding carboxylic acids is 2. The van der Waals surface area contributed by atoms with Gasteiger partial charge in [0.25, 0.3) is 0 Å². The fourth-order valence-electron chi connectivity index (χ4n) is 3.53. The molecule has 1 aliphatic rings. The van der Waals surface area contributed by atoms with Crippen LogP contribution in [0.3, 0.4) is 0 Å². The zero-order chi connectivity index (χ0) is 21.5. The molecule has 1 atom stereocenters. The molecule has 1 saturated heterocycles. The van der Waals surface area contributed by atoms with Crippen molar-refractivity contribution in [3.05, 3.63) is 54.6 Å². The van der Waals surface area contributed by atoms with Crippen molar-refractivity contribution in [1.82, 2.24) is 10.2 Å². The monoisotopic (exact) mass is 410 g/mol. The smallest absolute Gasteiger partial charge is 0.319 e. The van der Waals surface area contributed by atoms with Gasteiger partial charge in [-0.1, -0.05) is 38.1 Å². The van der Waals surface area contributed by atoms with Crippen LogP contribution in [0.1, 0.15) is 13.8 Å². The average molecular weight is 411 g/mol. The first-order chi connectivity index (χ1) is 14.5. The molecule has 0 bridgehead atoms. The normalized spacial score (nSPS) is 14.9. The van der Waals surface area contributed by atoms with Gasteiger partial charge in [-0.3, -0.25) is 4.79 Å². The summed E-state index contributed by atoms with van der Waals surface area (Å²) in [4.78, 5) is 29.6. The first-order valence-corrected chi connectivity index (χ1v) is 10.3. The molecule has 7 nitrogen and oxygen atoms in total. The lowest BCUT2D eigenvalue weighted by Gasteiger charge is -2.38. The molecular weight excluding hydrogens is 380 g/mol. The Balaban J connectivity index is 1.57. The zero-order valence-electron chi connectivity index (χ0n) is 17.8. The number of benzene rings is 2. The molecule has 0 spiro atoms. The number of rotatable bonds is 6. The molecule has 30 heavy (non-hydrogen) atoms. The Bertz CT molecular complexity index is 849. The number of urea groups is 1. The van der Waals surface area contributed by atoms with Crippen LogP contribution in [0.25, 0.3) is 0 Å². The Labute approximate surface area is 178 Å². The number of nitrogens with zero attached hydrogens (tertiary/aromatic N) is 2. The lowest BCUT2D eigenvalue weighted by molar-refractivity contribution is -0.134. The molecule has 0 aliphatic carbocycles. The van der Waals surface area contributed by atoms with Crippen molar-refractivity contribution >= 4 is 23.3 Å². The molecule has 160 valence electrons. The van der Waals surface area contributed by atoms with Crippen LogP contribution in [-0.2, 0) is 4.79 Å². The second kappa shape index (κ2) is 10.0. The first-order valence-electron chi connectivity index (χ1n) is 10.3. The summed E-state index contributed by atoms with van der Waals surface area (Å²) in [5.74, 6) is 0.758. The maximum absolute atomic E-state index is 13.1. The van der Waals surface area contributed by atoms with Crippen molar-refractivity contribution in [3.63, 3.8) is 0 Å². The SMILES string of the molecule is COc1cccc(N2CCN(C(=O)[C@@H](NC(=O)Nc3ccccc3)C(C)C)CC2)c1. The number of hydrogen-bond acceptors (Lipinski definition) is 4. The van der Waals surface area contributed by atoms with Gasteiger partial charge < -0.3 is 25.2 Å². The molecule has 0 saturated carbocycles. The summed E-state index contributed by atoms with van der Waals surface area (Å²) >= 11 is 0. The first kappa shape index (κ1) is 21.5. The van der Waals surface area contributed by atoms with Crippen LogP contribution in [0.15, 0.2) is 54.6 Å². The Morgan fingerprint density at radius 1 is 0.967 bits per heavy atom. The van der Waals surface area contributed by atoms with Crippen LogP contribution in [0.2, 0.25) is 0 Å². The second-order valence-corrected chi connectivity index (χ2v) is 7.70. The summed E-state index contributed by atoms with van der Waals surface area (Å²) in [6.45, 7) is 6.58. The van der Waals surface area contributed by atoms with Crippen LogP contribution in [0.4, 0.5) is 16.2 Å². The van der Waals surface area contributed by atoms with Crippen molar-refractivity contribution in [2.75, 3.05) is 43.5 Å². The summed E-state index contributed by atoms with van der Waals surface area (Å²) in [7, 11) is 1.66. The second-order valence-electron chi connectivity index (χ2n) is 7.70. The van der Waals surface area contributed by atoms with Gasteiger partial charge >= 0.3 is 6.03 Å². The molecule has 1 aliphatic heterocycles. The van der Waals surface area contributed by atoms with Crippen molar-refractivity contribution in [2.45, 2.75) is 19.9 Å². The van der Waals surface area contributed by atoms with Crippen molar-refractivity contribution in [2.24, 2.45) is 5.92 Å². The summed E-state index contributed by atoms with van der Waals surface area (Å²) in [5.41, 5.74) is 1.78. The number of amides is 3. The lowest BCUT2D eigenvalue weighted by atomic mass is 10.0. The van der Waals surface area contributed by atoms with Crippen molar-refractivity contribution < 1.29 is 14.3 Å². The van der Waals surface area contributed by atoms with Gasteiger partial charge in [0.2, 0.25) is 5.91 Å².